The highest BCUT2D eigenvalue weighted by Gasteiger charge is 2.18. The van der Waals surface area contributed by atoms with Crippen LogP contribution in [0.25, 0.3) is 11.5 Å². The molecule has 1 aromatic heterocycles. The Morgan fingerprint density at radius 1 is 1.15 bits per heavy atom. The first kappa shape index (κ1) is 14.5. The van der Waals surface area contributed by atoms with E-state index >= 15 is 0 Å². The van der Waals surface area contributed by atoms with Gasteiger partial charge in [-0.1, -0.05) is 6.92 Å². The first-order valence-corrected chi connectivity index (χ1v) is 6.30. The summed E-state index contributed by atoms with van der Waals surface area (Å²) in [5.41, 5.74) is -0.241. The predicted octanol–water partition coefficient (Wildman–Crippen LogP) is 2.70. The van der Waals surface area contributed by atoms with E-state index in [1.807, 2.05) is 6.92 Å². The number of benzene rings is 1. The minimum atomic E-state index is -1.55. The maximum Gasteiger partial charge on any atom is 0.250 e. The first-order valence-electron chi connectivity index (χ1n) is 6.30. The number of hydrogen-bond acceptors (Lipinski definition) is 4. The third-order valence-electron chi connectivity index (χ3n) is 2.73. The van der Waals surface area contributed by atoms with E-state index in [-0.39, 0.29) is 11.5 Å². The van der Waals surface area contributed by atoms with E-state index < -0.39 is 17.5 Å². The molecule has 0 aliphatic heterocycles. The standard InChI is InChI=1S/C13H14F3N3O/c1-2-17-7-3-4-10-18-19-13(20-10)8-5-6-9(14)12(16)11(8)15/h5-6,17H,2-4,7H2,1H3. The second-order valence-electron chi connectivity index (χ2n) is 4.18. The van der Waals surface area contributed by atoms with E-state index in [4.69, 9.17) is 4.42 Å². The quantitative estimate of drug-likeness (QED) is 0.655. The fourth-order valence-electron chi connectivity index (χ4n) is 1.70. The molecule has 0 atom stereocenters. The molecule has 7 heteroatoms. The highest BCUT2D eigenvalue weighted by molar-refractivity contribution is 5.53. The molecule has 0 unspecified atom stereocenters. The van der Waals surface area contributed by atoms with Gasteiger partial charge >= 0.3 is 0 Å². The molecule has 0 bridgehead atoms. The molecule has 0 radical (unpaired) electrons. The zero-order valence-electron chi connectivity index (χ0n) is 10.9. The molecule has 1 aromatic carbocycles. The van der Waals surface area contributed by atoms with Crippen LogP contribution in [0.4, 0.5) is 13.2 Å². The van der Waals surface area contributed by atoms with Gasteiger partial charge in [-0.05, 0) is 31.6 Å². The van der Waals surface area contributed by atoms with Crippen LogP contribution < -0.4 is 5.32 Å². The summed E-state index contributed by atoms with van der Waals surface area (Å²) in [5, 5.41) is 10.5. The molecule has 0 aliphatic carbocycles. The summed E-state index contributed by atoms with van der Waals surface area (Å²) in [5.74, 6) is -3.94. The average Bonchev–Trinajstić information content (AvgIpc) is 2.90. The predicted molar refractivity (Wildman–Crippen MR) is 66.5 cm³/mol. The maximum absolute atomic E-state index is 13.6. The molecule has 1 N–H and O–H groups in total. The van der Waals surface area contributed by atoms with E-state index in [9.17, 15) is 13.2 Å². The van der Waals surface area contributed by atoms with Gasteiger partial charge in [0, 0.05) is 6.42 Å². The smallest absolute Gasteiger partial charge is 0.250 e. The Bertz CT molecular complexity index is 586. The van der Waals surface area contributed by atoms with Crippen molar-refractivity contribution >= 4 is 0 Å². The Morgan fingerprint density at radius 3 is 2.70 bits per heavy atom. The van der Waals surface area contributed by atoms with Crippen LogP contribution in [0.3, 0.4) is 0 Å². The van der Waals surface area contributed by atoms with Crippen molar-refractivity contribution in [3.63, 3.8) is 0 Å². The van der Waals surface area contributed by atoms with Crippen LogP contribution in [-0.4, -0.2) is 23.3 Å². The molecule has 0 amide bonds. The SMILES string of the molecule is CCNCCCc1nnc(-c2ccc(F)c(F)c2F)o1. The Kier molecular flexibility index (Phi) is 4.73. The van der Waals surface area contributed by atoms with Crippen molar-refractivity contribution in [1.82, 2.24) is 15.5 Å². The summed E-state index contributed by atoms with van der Waals surface area (Å²) in [6.45, 7) is 3.67. The summed E-state index contributed by atoms with van der Waals surface area (Å²) >= 11 is 0. The van der Waals surface area contributed by atoms with Gasteiger partial charge in [-0.25, -0.2) is 13.2 Å². The molecule has 0 saturated heterocycles. The second kappa shape index (κ2) is 6.51. The Morgan fingerprint density at radius 2 is 1.95 bits per heavy atom. The van der Waals surface area contributed by atoms with Gasteiger partial charge in [0.05, 0.1) is 5.56 Å². The topological polar surface area (TPSA) is 51.0 Å². The lowest BCUT2D eigenvalue weighted by atomic mass is 10.2. The Balaban J connectivity index is 2.11. The van der Waals surface area contributed by atoms with E-state index in [2.05, 4.69) is 15.5 Å². The lowest BCUT2D eigenvalue weighted by Gasteiger charge is -2.00. The second-order valence-corrected chi connectivity index (χ2v) is 4.18. The molecule has 0 aliphatic rings. The van der Waals surface area contributed by atoms with Crippen molar-refractivity contribution in [2.24, 2.45) is 0 Å². The van der Waals surface area contributed by atoms with E-state index in [1.165, 1.54) is 0 Å². The first-order chi connectivity index (χ1) is 9.63. The fourth-order valence-corrected chi connectivity index (χ4v) is 1.70. The van der Waals surface area contributed by atoms with Gasteiger partial charge in [0.15, 0.2) is 17.5 Å². The molecule has 0 spiro atoms. The highest BCUT2D eigenvalue weighted by atomic mass is 19.2. The van der Waals surface area contributed by atoms with Crippen LogP contribution in [0, 0.1) is 17.5 Å². The number of hydrogen-bond donors (Lipinski definition) is 1. The molecular weight excluding hydrogens is 271 g/mol. The van der Waals surface area contributed by atoms with Crippen molar-refractivity contribution in [2.45, 2.75) is 19.8 Å². The number of nitrogens with one attached hydrogen (secondary N) is 1. The summed E-state index contributed by atoms with van der Waals surface area (Å²) in [6.07, 6.45) is 1.32. The van der Waals surface area contributed by atoms with E-state index in [0.29, 0.717) is 12.3 Å². The number of aromatic nitrogens is 2. The molecule has 20 heavy (non-hydrogen) atoms. The van der Waals surface area contributed by atoms with Crippen molar-refractivity contribution in [3.05, 3.63) is 35.5 Å². The maximum atomic E-state index is 13.6. The van der Waals surface area contributed by atoms with Crippen molar-refractivity contribution in [1.29, 1.82) is 0 Å². The van der Waals surface area contributed by atoms with Crippen molar-refractivity contribution < 1.29 is 17.6 Å². The van der Waals surface area contributed by atoms with Gasteiger partial charge in [0.2, 0.25) is 5.89 Å². The van der Waals surface area contributed by atoms with Crippen molar-refractivity contribution in [2.75, 3.05) is 13.1 Å². The summed E-state index contributed by atoms with van der Waals surface area (Å²) in [6, 6.07) is 1.90. The molecule has 1 heterocycles. The number of halogens is 3. The largest absolute Gasteiger partial charge is 0.421 e. The van der Waals surface area contributed by atoms with Gasteiger partial charge in [-0.15, -0.1) is 10.2 Å². The number of rotatable bonds is 6. The third kappa shape index (κ3) is 3.16. The van der Waals surface area contributed by atoms with Crippen molar-refractivity contribution in [3.8, 4) is 11.5 Å². The molecule has 0 fully saturated rings. The molecule has 2 aromatic rings. The van der Waals surface area contributed by atoms with Gasteiger partial charge in [0.25, 0.3) is 5.89 Å². The molecule has 108 valence electrons. The minimum Gasteiger partial charge on any atom is -0.421 e. The third-order valence-corrected chi connectivity index (χ3v) is 2.73. The Labute approximate surface area is 114 Å². The fraction of sp³-hybridized carbons (Fsp3) is 0.385. The Hall–Kier alpha value is -1.89. The van der Waals surface area contributed by atoms with Crippen LogP contribution in [0.1, 0.15) is 19.2 Å². The molecular formula is C13H14F3N3O. The highest BCUT2D eigenvalue weighted by Crippen LogP contribution is 2.24. The van der Waals surface area contributed by atoms with Crippen LogP contribution in [0.2, 0.25) is 0 Å². The zero-order chi connectivity index (χ0) is 14.5. The average molecular weight is 285 g/mol. The molecule has 0 saturated carbocycles. The van der Waals surface area contributed by atoms with Crippen LogP contribution in [0.15, 0.2) is 16.5 Å². The lowest BCUT2D eigenvalue weighted by Crippen LogP contribution is -2.14. The van der Waals surface area contributed by atoms with Gasteiger partial charge in [-0.3, -0.25) is 0 Å². The molecule has 4 nitrogen and oxygen atoms in total. The normalized spacial score (nSPS) is 11.0. The van der Waals surface area contributed by atoms with Crippen LogP contribution in [-0.2, 0) is 6.42 Å². The molecule has 2 rings (SSSR count). The van der Waals surface area contributed by atoms with Gasteiger partial charge < -0.3 is 9.73 Å². The van der Waals surface area contributed by atoms with Crippen LogP contribution in [0.5, 0.6) is 0 Å². The monoisotopic (exact) mass is 285 g/mol. The number of aryl methyl sites for hydroxylation is 1. The van der Waals surface area contributed by atoms with Crippen LogP contribution >= 0.6 is 0 Å². The van der Waals surface area contributed by atoms with E-state index in [0.717, 1.165) is 31.6 Å². The summed E-state index contributed by atoms with van der Waals surface area (Å²) in [7, 11) is 0. The minimum absolute atomic E-state index is 0.153. The summed E-state index contributed by atoms with van der Waals surface area (Å²) in [4.78, 5) is 0. The lowest BCUT2D eigenvalue weighted by molar-refractivity contribution is 0.443. The number of nitrogens with zero attached hydrogens (tertiary/aromatic N) is 2. The van der Waals surface area contributed by atoms with Gasteiger partial charge in [0.1, 0.15) is 0 Å². The zero-order valence-corrected chi connectivity index (χ0v) is 10.9. The summed E-state index contributed by atoms with van der Waals surface area (Å²) < 4.78 is 44.8. The van der Waals surface area contributed by atoms with E-state index in [1.54, 1.807) is 0 Å². The van der Waals surface area contributed by atoms with Gasteiger partial charge in [-0.2, -0.15) is 0 Å².